The first-order valence-corrected chi connectivity index (χ1v) is 14.0. The SMILES string of the molecule is C=C(CC)C1Oc2c(OC(=O)CCCCCCC)ccc3c2C12CCN(CC1CC1)C(C3)C2(C)O. The zero-order chi connectivity index (χ0) is 24.8. The largest absolute Gasteiger partial charge is 0.481 e. The van der Waals surface area contributed by atoms with Gasteiger partial charge in [-0.2, -0.15) is 0 Å². The first-order chi connectivity index (χ1) is 16.8. The molecule has 0 aromatic heterocycles. The van der Waals surface area contributed by atoms with Crippen LogP contribution in [0.25, 0.3) is 0 Å². The van der Waals surface area contributed by atoms with Crippen molar-refractivity contribution in [3.63, 3.8) is 0 Å². The van der Waals surface area contributed by atoms with Gasteiger partial charge in [0.2, 0.25) is 0 Å². The standard InChI is InChI=1S/C30H43NO4/c1-5-7-8-9-10-11-25(32)34-23-15-14-22-18-24-29(4,33)30(16-17-31(24)19-21-12-13-21)26(22)27(23)35-28(30)20(3)6-2/h14-15,21,24,28,33H,3,5-13,16-19H2,1-2,4H3. The molecule has 1 aromatic rings. The fourth-order valence-corrected chi connectivity index (χ4v) is 7.02. The van der Waals surface area contributed by atoms with Gasteiger partial charge in [0.25, 0.3) is 0 Å². The van der Waals surface area contributed by atoms with E-state index in [9.17, 15) is 9.90 Å². The van der Waals surface area contributed by atoms with Crippen molar-refractivity contribution in [2.75, 3.05) is 13.1 Å². The Hall–Kier alpha value is -1.85. The summed E-state index contributed by atoms with van der Waals surface area (Å²) in [6.45, 7) is 12.7. The van der Waals surface area contributed by atoms with Gasteiger partial charge in [0, 0.05) is 24.6 Å². The van der Waals surface area contributed by atoms with Gasteiger partial charge in [0.05, 0.1) is 11.0 Å². The number of ether oxygens (including phenoxy) is 2. The number of carbonyl (C=O) groups excluding carboxylic acids is 1. The van der Waals surface area contributed by atoms with Crippen LogP contribution in [0.4, 0.5) is 0 Å². The summed E-state index contributed by atoms with van der Waals surface area (Å²) in [4.78, 5) is 15.2. The van der Waals surface area contributed by atoms with E-state index in [-0.39, 0.29) is 18.1 Å². The van der Waals surface area contributed by atoms with Gasteiger partial charge in [-0.25, -0.2) is 0 Å². The topological polar surface area (TPSA) is 59.0 Å². The van der Waals surface area contributed by atoms with Crippen LogP contribution in [0.3, 0.4) is 0 Å². The lowest BCUT2D eigenvalue weighted by Crippen LogP contribution is -2.73. The fourth-order valence-electron chi connectivity index (χ4n) is 7.02. The van der Waals surface area contributed by atoms with Crippen LogP contribution in [0.15, 0.2) is 24.3 Å². The molecule has 0 radical (unpaired) electrons. The van der Waals surface area contributed by atoms with E-state index >= 15 is 0 Å². The van der Waals surface area contributed by atoms with Crippen molar-refractivity contribution in [2.45, 2.75) is 115 Å². The van der Waals surface area contributed by atoms with E-state index < -0.39 is 11.0 Å². The molecule has 0 amide bonds. The highest BCUT2D eigenvalue weighted by Crippen LogP contribution is 2.63. The van der Waals surface area contributed by atoms with Gasteiger partial charge in [-0.05, 0) is 75.1 Å². The minimum absolute atomic E-state index is 0.0579. The Morgan fingerprint density at radius 3 is 2.71 bits per heavy atom. The Kier molecular flexibility index (Phi) is 6.78. The number of aliphatic hydroxyl groups is 1. The van der Waals surface area contributed by atoms with E-state index in [0.717, 1.165) is 68.7 Å². The predicted octanol–water partition coefficient (Wildman–Crippen LogP) is 5.71. The third-order valence-electron chi connectivity index (χ3n) is 9.26. The molecule has 5 nitrogen and oxygen atoms in total. The lowest BCUT2D eigenvalue weighted by molar-refractivity contribution is -0.149. The molecule has 5 heteroatoms. The van der Waals surface area contributed by atoms with E-state index in [4.69, 9.17) is 9.47 Å². The first-order valence-electron chi connectivity index (χ1n) is 14.0. The van der Waals surface area contributed by atoms with E-state index in [2.05, 4.69) is 31.4 Å². The summed E-state index contributed by atoms with van der Waals surface area (Å²) in [6, 6.07) is 4.08. The maximum Gasteiger partial charge on any atom is 0.311 e. The Bertz CT molecular complexity index is 981. The fraction of sp³-hybridized carbons (Fsp3) is 0.700. The van der Waals surface area contributed by atoms with Gasteiger partial charge in [-0.15, -0.1) is 0 Å². The smallest absolute Gasteiger partial charge is 0.311 e. The average Bonchev–Trinajstić information content (AvgIpc) is 3.57. The highest BCUT2D eigenvalue weighted by Gasteiger charge is 2.68. The lowest BCUT2D eigenvalue weighted by atomic mass is 9.52. The van der Waals surface area contributed by atoms with E-state index in [1.165, 1.54) is 31.2 Å². The quantitative estimate of drug-likeness (QED) is 0.190. The molecule has 2 aliphatic heterocycles. The molecule has 2 heterocycles. The second-order valence-electron chi connectivity index (χ2n) is 11.6. The van der Waals surface area contributed by atoms with Crippen molar-refractivity contribution in [3.05, 3.63) is 35.4 Å². The second-order valence-corrected chi connectivity index (χ2v) is 11.6. The van der Waals surface area contributed by atoms with Crippen molar-refractivity contribution < 1.29 is 19.4 Å². The van der Waals surface area contributed by atoms with Crippen LogP contribution < -0.4 is 9.47 Å². The zero-order valence-corrected chi connectivity index (χ0v) is 21.9. The van der Waals surface area contributed by atoms with Crippen LogP contribution in [0.5, 0.6) is 11.5 Å². The summed E-state index contributed by atoms with van der Waals surface area (Å²) >= 11 is 0. The van der Waals surface area contributed by atoms with Crippen LogP contribution in [-0.4, -0.2) is 46.8 Å². The lowest BCUT2D eigenvalue weighted by Gasteiger charge is -2.60. The van der Waals surface area contributed by atoms with E-state index in [1.807, 2.05) is 13.0 Å². The molecule has 1 aromatic carbocycles. The molecular formula is C30H43NO4. The Morgan fingerprint density at radius 2 is 2.00 bits per heavy atom. The molecule has 35 heavy (non-hydrogen) atoms. The second kappa shape index (κ2) is 9.55. The molecule has 1 saturated carbocycles. The monoisotopic (exact) mass is 481 g/mol. The molecule has 1 spiro atoms. The molecule has 4 unspecified atom stereocenters. The molecule has 2 bridgehead atoms. The molecule has 192 valence electrons. The third kappa shape index (κ3) is 4.13. The average molecular weight is 482 g/mol. The number of fused-ring (bicyclic) bond motifs is 1. The molecule has 4 atom stereocenters. The van der Waals surface area contributed by atoms with Gasteiger partial charge in [0.15, 0.2) is 11.5 Å². The number of piperidine rings is 1. The van der Waals surface area contributed by atoms with Crippen molar-refractivity contribution in [1.82, 2.24) is 4.90 Å². The third-order valence-corrected chi connectivity index (χ3v) is 9.26. The molecular weight excluding hydrogens is 438 g/mol. The number of hydrogen-bond donors (Lipinski definition) is 1. The van der Waals surface area contributed by atoms with Gasteiger partial charge in [-0.3, -0.25) is 9.69 Å². The summed E-state index contributed by atoms with van der Waals surface area (Å²) in [6.07, 6.45) is 10.6. The van der Waals surface area contributed by atoms with Gasteiger partial charge in [0.1, 0.15) is 6.10 Å². The maximum atomic E-state index is 12.7. The predicted molar refractivity (Wildman–Crippen MR) is 138 cm³/mol. The summed E-state index contributed by atoms with van der Waals surface area (Å²) in [5.74, 6) is 1.74. The van der Waals surface area contributed by atoms with Crippen LogP contribution in [0.1, 0.15) is 96.1 Å². The molecule has 1 saturated heterocycles. The summed E-state index contributed by atoms with van der Waals surface area (Å²) in [5.41, 5.74) is 1.77. The Balaban J connectivity index is 1.46. The molecule has 4 aliphatic rings. The van der Waals surface area contributed by atoms with E-state index in [1.54, 1.807) is 0 Å². The van der Waals surface area contributed by atoms with Crippen molar-refractivity contribution in [2.24, 2.45) is 5.92 Å². The molecule has 5 rings (SSSR count). The van der Waals surface area contributed by atoms with E-state index in [0.29, 0.717) is 17.9 Å². The van der Waals surface area contributed by atoms with Crippen LogP contribution in [0, 0.1) is 5.92 Å². The van der Waals surface area contributed by atoms with Gasteiger partial charge < -0.3 is 14.6 Å². The zero-order valence-electron chi connectivity index (χ0n) is 21.9. The summed E-state index contributed by atoms with van der Waals surface area (Å²) in [7, 11) is 0. The number of esters is 1. The van der Waals surface area contributed by atoms with Crippen LogP contribution >= 0.6 is 0 Å². The summed E-state index contributed by atoms with van der Waals surface area (Å²) < 4.78 is 12.6. The highest BCUT2D eigenvalue weighted by molar-refractivity contribution is 5.75. The first kappa shape index (κ1) is 24.8. The van der Waals surface area contributed by atoms with Crippen molar-refractivity contribution in [1.29, 1.82) is 0 Å². The minimum Gasteiger partial charge on any atom is -0.481 e. The van der Waals surface area contributed by atoms with Crippen LogP contribution in [0.2, 0.25) is 0 Å². The minimum atomic E-state index is -0.955. The van der Waals surface area contributed by atoms with Gasteiger partial charge >= 0.3 is 5.97 Å². The Morgan fingerprint density at radius 1 is 1.23 bits per heavy atom. The number of unbranched alkanes of at least 4 members (excludes halogenated alkanes) is 4. The number of nitrogens with zero attached hydrogens (tertiary/aromatic N) is 1. The Labute approximate surface area is 210 Å². The number of carbonyl (C=O) groups is 1. The number of benzene rings is 1. The number of likely N-dealkylation sites (tertiary alicyclic amines) is 1. The number of rotatable bonds is 11. The summed E-state index contributed by atoms with van der Waals surface area (Å²) in [5, 5.41) is 12.3. The van der Waals surface area contributed by atoms with Crippen molar-refractivity contribution in [3.8, 4) is 11.5 Å². The highest BCUT2D eigenvalue weighted by atomic mass is 16.6. The molecule has 2 aliphatic carbocycles. The van der Waals surface area contributed by atoms with Crippen molar-refractivity contribution >= 4 is 5.97 Å². The van der Waals surface area contributed by atoms with Gasteiger partial charge in [-0.1, -0.05) is 52.2 Å². The number of hydrogen-bond acceptors (Lipinski definition) is 5. The normalized spacial score (nSPS) is 31.1. The molecule has 1 N–H and O–H groups in total. The molecule has 2 fully saturated rings. The van der Waals surface area contributed by atoms with Crippen LogP contribution in [-0.2, 0) is 16.6 Å². The maximum absolute atomic E-state index is 12.7.